The van der Waals surface area contributed by atoms with Crippen LogP contribution in [-0.4, -0.2) is 5.11 Å². The van der Waals surface area contributed by atoms with Gasteiger partial charge in [-0.1, -0.05) is 108 Å². The van der Waals surface area contributed by atoms with Gasteiger partial charge in [-0.05, 0) is 111 Å². The Bertz CT molecular complexity index is 1410. The van der Waals surface area contributed by atoms with Crippen molar-refractivity contribution in [3.05, 3.63) is 143 Å². The Morgan fingerprint density at radius 3 is 1.26 bits per heavy atom. The number of rotatable bonds is 4. The predicted molar refractivity (Wildman–Crippen MR) is 167 cm³/mol. The van der Waals surface area contributed by atoms with Gasteiger partial charge in [0, 0.05) is 0 Å². The largest absolute Gasteiger partial charge is 0.508 e. The minimum Gasteiger partial charge on any atom is -0.508 e. The maximum Gasteiger partial charge on any atom is 0.115 e. The average molecular weight is 517 g/mol. The number of phenols is 1. The highest BCUT2D eigenvalue weighted by molar-refractivity contribution is 7.80. The first kappa shape index (κ1) is 27.4. The third-order valence-electron chi connectivity index (χ3n) is 7.04. The fourth-order valence-electron chi connectivity index (χ4n) is 4.77. The molecular weight excluding hydrogens is 479 g/mol. The van der Waals surface area contributed by atoms with Gasteiger partial charge in [-0.2, -0.15) is 0 Å². The molecule has 0 unspecified atom stereocenters. The van der Waals surface area contributed by atoms with E-state index in [-0.39, 0.29) is 0 Å². The second-order valence-corrected chi connectivity index (χ2v) is 12.2. The van der Waals surface area contributed by atoms with Crippen molar-refractivity contribution in [2.45, 2.75) is 41.5 Å². The minimum atomic E-state index is -0.676. The van der Waals surface area contributed by atoms with E-state index in [1.165, 1.54) is 60.4 Å². The van der Waals surface area contributed by atoms with Gasteiger partial charge < -0.3 is 5.11 Å². The molecule has 0 saturated heterocycles. The van der Waals surface area contributed by atoms with Crippen LogP contribution in [0, 0.1) is 41.5 Å². The molecule has 0 spiro atoms. The van der Waals surface area contributed by atoms with Gasteiger partial charge in [-0.15, -0.1) is 0 Å². The van der Waals surface area contributed by atoms with Crippen molar-refractivity contribution in [2.24, 2.45) is 0 Å². The first-order chi connectivity index (χ1) is 18.2. The van der Waals surface area contributed by atoms with Gasteiger partial charge in [0.2, 0.25) is 0 Å². The van der Waals surface area contributed by atoms with Gasteiger partial charge in [-0.3, -0.25) is 0 Å². The van der Waals surface area contributed by atoms with E-state index in [9.17, 15) is 5.11 Å². The molecule has 5 rings (SSSR count). The zero-order valence-electron chi connectivity index (χ0n) is 23.3. The van der Waals surface area contributed by atoms with E-state index in [0.717, 1.165) is 0 Å². The van der Waals surface area contributed by atoms with Crippen LogP contribution in [0.3, 0.4) is 0 Å². The SMILES string of the molecule is Cc1cc(C)c(C)c(P(c2ccc(O)cc2)c2cc(C)cc(C)c2C)c1.c1ccc(-c2ccccc2)cc1. The number of hydrogen-bond acceptors (Lipinski definition) is 1. The topological polar surface area (TPSA) is 20.2 Å². The Morgan fingerprint density at radius 2 is 0.868 bits per heavy atom. The smallest absolute Gasteiger partial charge is 0.115 e. The van der Waals surface area contributed by atoms with Crippen LogP contribution in [0.1, 0.15) is 33.4 Å². The Labute approximate surface area is 229 Å². The summed E-state index contributed by atoms with van der Waals surface area (Å²) >= 11 is 0. The van der Waals surface area contributed by atoms with E-state index >= 15 is 0 Å². The molecule has 1 N–H and O–H groups in total. The van der Waals surface area contributed by atoms with Crippen molar-refractivity contribution in [2.75, 3.05) is 0 Å². The van der Waals surface area contributed by atoms with Crippen LogP contribution in [0.2, 0.25) is 0 Å². The molecule has 0 aliphatic rings. The maximum absolute atomic E-state index is 9.77. The van der Waals surface area contributed by atoms with Crippen molar-refractivity contribution >= 4 is 23.8 Å². The molecule has 0 heterocycles. The van der Waals surface area contributed by atoms with E-state index in [2.05, 4.69) is 126 Å². The van der Waals surface area contributed by atoms with Crippen LogP contribution in [0.4, 0.5) is 0 Å². The molecule has 0 amide bonds. The molecule has 0 atom stereocenters. The Hall–Kier alpha value is -3.67. The van der Waals surface area contributed by atoms with Gasteiger partial charge in [0.25, 0.3) is 0 Å². The Balaban J connectivity index is 0.000000232. The van der Waals surface area contributed by atoms with Crippen LogP contribution in [0.15, 0.2) is 109 Å². The third-order valence-corrected chi connectivity index (χ3v) is 9.75. The lowest BCUT2D eigenvalue weighted by atomic mass is 10.1. The summed E-state index contributed by atoms with van der Waals surface area (Å²) in [5, 5.41) is 13.9. The van der Waals surface area contributed by atoms with E-state index in [4.69, 9.17) is 0 Å². The van der Waals surface area contributed by atoms with Crippen LogP contribution < -0.4 is 15.9 Å². The predicted octanol–water partition coefficient (Wildman–Crippen LogP) is 8.35. The molecule has 0 radical (unpaired) electrons. The van der Waals surface area contributed by atoms with Gasteiger partial charge in [0.1, 0.15) is 5.75 Å². The molecule has 38 heavy (non-hydrogen) atoms. The normalized spacial score (nSPS) is 10.7. The summed E-state index contributed by atoms with van der Waals surface area (Å²) in [5.74, 6) is 0.318. The molecular formula is C36H37OP. The number of aromatic hydroxyl groups is 1. The molecule has 0 bridgehead atoms. The first-order valence-electron chi connectivity index (χ1n) is 13.1. The second kappa shape index (κ2) is 12.2. The Kier molecular flexibility index (Phi) is 8.82. The lowest BCUT2D eigenvalue weighted by Gasteiger charge is -2.25. The minimum absolute atomic E-state index is 0.318. The molecule has 0 fully saturated rings. The van der Waals surface area contributed by atoms with E-state index in [0.29, 0.717) is 5.75 Å². The molecule has 0 aliphatic carbocycles. The summed E-state index contributed by atoms with van der Waals surface area (Å²) in [4.78, 5) is 0. The van der Waals surface area contributed by atoms with Crippen LogP contribution in [-0.2, 0) is 0 Å². The van der Waals surface area contributed by atoms with Crippen molar-refractivity contribution in [1.82, 2.24) is 0 Å². The van der Waals surface area contributed by atoms with Crippen molar-refractivity contribution in [3.63, 3.8) is 0 Å². The van der Waals surface area contributed by atoms with E-state index in [1.54, 1.807) is 12.1 Å². The number of benzene rings is 5. The highest BCUT2D eigenvalue weighted by Gasteiger charge is 2.22. The molecule has 0 aromatic heterocycles. The molecule has 192 valence electrons. The molecule has 0 saturated carbocycles. The van der Waals surface area contributed by atoms with Crippen molar-refractivity contribution < 1.29 is 5.11 Å². The van der Waals surface area contributed by atoms with Crippen LogP contribution in [0.25, 0.3) is 11.1 Å². The molecule has 1 nitrogen and oxygen atoms in total. The van der Waals surface area contributed by atoms with Gasteiger partial charge in [0.15, 0.2) is 0 Å². The second-order valence-electron chi connectivity index (χ2n) is 10.0. The van der Waals surface area contributed by atoms with Gasteiger partial charge >= 0.3 is 0 Å². The monoisotopic (exact) mass is 516 g/mol. The highest BCUT2D eigenvalue weighted by Crippen LogP contribution is 2.37. The standard InChI is InChI=1S/C24H27OP.C12H10/c1-15-11-17(3)19(5)23(13-15)26(22-9-7-21(25)8-10-22)24-14-16(2)12-18(4)20(24)6;1-3-7-11(8-4-1)12-9-5-2-6-10-12/h7-14,25H,1-6H3;1-10H. The molecule has 2 heteroatoms. The summed E-state index contributed by atoms with van der Waals surface area (Å²) in [6.07, 6.45) is 0. The molecule has 5 aromatic carbocycles. The van der Waals surface area contributed by atoms with Gasteiger partial charge in [-0.25, -0.2) is 0 Å². The molecule has 0 aliphatic heterocycles. The summed E-state index contributed by atoms with van der Waals surface area (Å²) < 4.78 is 0. The number of aryl methyl sites for hydroxylation is 4. The zero-order chi connectivity index (χ0) is 27.2. The lowest BCUT2D eigenvalue weighted by Crippen LogP contribution is -2.25. The quantitative estimate of drug-likeness (QED) is 0.238. The maximum atomic E-state index is 9.77. The molecule has 5 aromatic rings. The van der Waals surface area contributed by atoms with Crippen LogP contribution in [0.5, 0.6) is 5.75 Å². The summed E-state index contributed by atoms with van der Waals surface area (Å²) in [6.45, 7) is 13.2. The third kappa shape index (κ3) is 6.42. The van der Waals surface area contributed by atoms with Crippen molar-refractivity contribution in [3.8, 4) is 16.9 Å². The van der Waals surface area contributed by atoms with E-state index in [1.807, 2.05) is 12.1 Å². The average Bonchev–Trinajstić information content (AvgIpc) is 2.92. The van der Waals surface area contributed by atoms with E-state index < -0.39 is 7.92 Å². The fraction of sp³-hybridized carbons (Fsp3) is 0.167. The zero-order valence-corrected chi connectivity index (χ0v) is 24.2. The first-order valence-corrected chi connectivity index (χ1v) is 14.4. The van der Waals surface area contributed by atoms with Crippen molar-refractivity contribution in [1.29, 1.82) is 0 Å². The Morgan fingerprint density at radius 1 is 0.474 bits per heavy atom. The summed E-state index contributed by atoms with van der Waals surface area (Å²) in [7, 11) is -0.676. The van der Waals surface area contributed by atoms with Crippen LogP contribution >= 0.6 is 7.92 Å². The highest BCUT2D eigenvalue weighted by atomic mass is 31.1. The van der Waals surface area contributed by atoms with Gasteiger partial charge in [0.05, 0.1) is 0 Å². The number of hydrogen-bond donors (Lipinski definition) is 1. The number of phenolic OH excluding ortho intramolecular Hbond substituents is 1. The fourth-order valence-corrected chi connectivity index (χ4v) is 7.72. The summed E-state index contributed by atoms with van der Waals surface area (Å²) in [6, 6.07) is 37.8. The summed E-state index contributed by atoms with van der Waals surface area (Å²) in [5.41, 5.74) is 10.6. The lowest BCUT2D eigenvalue weighted by molar-refractivity contribution is 0.475.